The lowest BCUT2D eigenvalue weighted by atomic mass is 9.75. The van der Waals surface area contributed by atoms with Gasteiger partial charge >= 0.3 is 5.97 Å². The van der Waals surface area contributed by atoms with E-state index in [4.69, 9.17) is 14.6 Å². The maximum absolute atomic E-state index is 11.1. The molecule has 134 valence electrons. The number of rotatable bonds is 4. The number of hydrogen-bond acceptors (Lipinski definition) is 6. The summed E-state index contributed by atoms with van der Waals surface area (Å²) < 4.78 is 11.1. The van der Waals surface area contributed by atoms with Crippen molar-refractivity contribution in [1.29, 1.82) is 0 Å². The van der Waals surface area contributed by atoms with Crippen molar-refractivity contribution in [2.75, 3.05) is 0 Å². The Labute approximate surface area is 136 Å². The molecule has 8 atom stereocenters. The predicted molar refractivity (Wildman–Crippen MR) is 80.5 cm³/mol. The molecule has 2 rings (SSSR count). The summed E-state index contributed by atoms with van der Waals surface area (Å²) in [6.45, 7) is 6.34. The fraction of sp³-hybridized carbons (Fsp3) is 0.938. The predicted octanol–water partition coefficient (Wildman–Crippen LogP) is 0.356. The lowest BCUT2D eigenvalue weighted by molar-refractivity contribution is -0.311. The van der Waals surface area contributed by atoms with Crippen molar-refractivity contribution in [3.8, 4) is 0 Å². The van der Waals surface area contributed by atoms with Crippen LogP contribution in [0, 0.1) is 17.8 Å². The van der Waals surface area contributed by atoms with Gasteiger partial charge in [0.05, 0.1) is 6.10 Å². The van der Waals surface area contributed by atoms with Crippen molar-refractivity contribution >= 4 is 5.97 Å². The third-order valence-corrected chi connectivity index (χ3v) is 5.08. The molecule has 1 aliphatic carbocycles. The third-order valence-electron chi connectivity index (χ3n) is 5.08. The van der Waals surface area contributed by atoms with E-state index in [1.54, 1.807) is 0 Å². The molecule has 0 spiro atoms. The Balaban J connectivity index is 2.11. The van der Waals surface area contributed by atoms with Gasteiger partial charge in [-0.05, 0) is 30.6 Å². The second kappa shape index (κ2) is 7.44. The average Bonchev–Trinajstić information content (AvgIpc) is 2.47. The third kappa shape index (κ3) is 4.03. The first-order valence-corrected chi connectivity index (χ1v) is 8.30. The molecule has 0 aromatic heterocycles. The maximum Gasteiger partial charge on any atom is 0.335 e. The highest BCUT2D eigenvalue weighted by Crippen LogP contribution is 2.37. The lowest BCUT2D eigenvalue weighted by Gasteiger charge is -2.43. The molecule has 0 aromatic carbocycles. The Hall–Kier alpha value is -0.730. The zero-order valence-corrected chi connectivity index (χ0v) is 13.8. The minimum absolute atomic E-state index is 0.171. The largest absolute Gasteiger partial charge is 0.479 e. The summed E-state index contributed by atoms with van der Waals surface area (Å²) in [4.78, 5) is 11.1. The number of hydrogen-bond donors (Lipinski definition) is 4. The molecule has 0 amide bonds. The summed E-state index contributed by atoms with van der Waals surface area (Å²) in [6, 6.07) is 0. The van der Waals surface area contributed by atoms with Gasteiger partial charge in [0.15, 0.2) is 12.4 Å². The lowest BCUT2D eigenvalue weighted by Crippen LogP contribution is -2.61. The van der Waals surface area contributed by atoms with Gasteiger partial charge in [-0.15, -0.1) is 0 Å². The van der Waals surface area contributed by atoms with Crippen LogP contribution < -0.4 is 0 Å². The molecule has 7 nitrogen and oxygen atoms in total. The van der Waals surface area contributed by atoms with Crippen LogP contribution >= 0.6 is 0 Å². The molecule has 7 heteroatoms. The number of carboxylic acid groups (broad SMARTS) is 1. The van der Waals surface area contributed by atoms with E-state index in [1.807, 2.05) is 0 Å². The Morgan fingerprint density at radius 3 is 2.35 bits per heavy atom. The molecule has 1 saturated carbocycles. The number of ether oxygens (including phenoxy) is 2. The SMILES string of the molecule is CC(C)[C@H]1CC[C@@H](C)C[C@H]1O[C@@H]1O[C@H](C(=O)O)[C@@H](O)C(O)C1O. The first-order chi connectivity index (χ1) is 10.7. The Morgan fingerprint density at radius 2 is 1.78 bits per heavy atom. The van der Waals surface area contributed by atoms with Crippen LogP contribution in [0.1, 0.15) is 40.0 Å². The summed E-state index contributed by atoms with van der Waals surface area (Å²) >= 11 is 0. The van der Waals surface area contributed by atoms with Crippen LogP contribution in [0.4, 0.5) is 0 Å². The van der Waals surface area contributed by atoms with Crippen molar-refractivity contribution in [3.63, 3.8) is 0 Å². The van der Waals surface area contributed by atoms with Gasteiger partial charge in [0.1, 0.15) is 18.3 Å². The number of carboxylic acids is 1. The highest BCUT2D eigenvalue weighted by molar-refractivity contribution is 5.73. The van der Waals surface area contributed by atoms with E-state index in [1.165, 1.54) is 0 Å². The minimum Gasteiger partial charge on any atom is -0.479 e. The van der Waals surface area contributed by atoms with Crippen LogP contribution in [-0.4, -0.2) is 63.2 Å². The molecule has 0 aromatic rings. The Morgan fingerprint density at radius 1 is 1.13 bits per heavy atom. The fourth-order valence-electron chi connectivity index (χ4n) is 3.61. The Kier molecular flexibility index (Phi) is 6.02. The molecule has 23 heavy (non-hydrogen) atoms. The van der Waals surface area contributed by atoms with Crippen LogP contribution in [0.15, 0.2) is 0 Å². The average molecular weight is 332 g/mol. The van der Waals surface area contributed by atoms with Gasteiger partial charge in [0.25, 0.3) is 0 Å². The van der Waals surface area contributed by atoms with E-state index in [9.17, 15) is 20.1 Å². The minimum atomic E-state index is -1.69. The van der Waals surface area contributed by atoms with Crippen molar-refractivity contribution < 1.29 is 34.7 Å². The molecule has 1 aliphatic heterocycles. The molecule has 1 heterocycles. The molecule has 2 fully saturated rings. The van der Waals surface area contributed by atoms with Crippen LogP contribution in [0.25, 0.3) is 0 Å². The standard InChI is InChI=1S/C16H28O7/c1-7(2)9-5-4-8(3)6-10(9)22-16-13(19)11(17)12(18)14(23-16)15(20)21/h7-14,16-19H,4-6H2,1-3H3,(H,20,21)/t8-,9-,10-,11?,12+,13?,14+,16-/m1/s1. The van der Waals surface area contributed by atoms with Crippen LogP contribution in [-0.2, 0) is 14.3 Å². The van der Waals surface area contributed by atoms with Gasteiger partial charge in [0, 0.05) is 0 Å². The topological polar surface area (TPSA) is 116 Å². The monoisotopic (exact) mass is 332 g/mol. The van der Waals surface area contributed by atoms with Crippen molar-refractivity contribution in [2.45, 2.75) is 76.8 Å². The van der Waals surface area contributed by atoms with E-state index in [2.05, 4.69) is 20.8 Å². The van der Waals surface area contributed by atoms with Gasteiger partial charge in [0.2, 0.25) is 0 Å². The number of aliphatic carboxylic acids is 1. The van der Waals surface area contributed by atoms with Gasteiger partial charge in [-0.2, -0.15) is 0 Å². The van der Waals surface area contributed by atoms with Gasteiger partial charge in [-0.25, -0.2) is 4.79 Å². The summed E-state index contributed by atoms with van der Waals surface area (Å²) in [6.07, 6.45) is -4.92. The molecule has 0 radical (unpaired) electrons. The summed E-state index contributed by atoms with van der Waals surface area (Å²) in [5.74, 6) is -0.246. The maximum atomic E-state index is 11.1. The second-order valence-electron chi connectivity index (χ2n) is 7.24. The first kappa shape index (κ1) is 18.6. The number of carbonyl (C=O) groups is 1. The number of aliphatic hydroxyl groups excluding tert-OH is 3. The zero-order valence-electron chi connectivity index (χ0n) is 13.8. The van der Waals surface area contributed by atoms with E-state index >= 15 is 0 Å². The van der Waals surface area contributed by atoms with Crippen LogP contribution in [0.3, 0.4) is 0 Å². The summed E-state index contributed by atoms with van der Waals surface area (Å²) in [5.41, 5.74) is 0. The molecule has 0 bridgehead atoms. The summed E-state index contributed by atoms with van der Waals surface area (Å²) in [5, 5.41) is 38.7. The van der Waals surface area contributed by atoms with E-state index < -0.39 is 36.7 Å². The fourth-order valence-corrected chi connectivity index (χ4v) is 3.61. The van der Waals surface area contributed by atoms with Gasteiger partial charge in [-0.1, -0.05) is 27.2 Å². The molecular weight excluding hydrogens is 304 g/mol. The van der Waals surface area contributed by atoms with Crippen molar-refractivity contribution in [2.24, 2.45) is 17.8 Å². The quantitative estimate of drug-likeness (QED) is 0.587. The van der Waals surface area contributed by atoms with E-state index in [-0.39, 0.29) is 12.0 Å². The normalized spacial score (nSPS) is 45.2. The van der Waals surface area contributed by atoms with Crippen LogP contribution in [0.2, 0.25) is 0 Å². The molecular formula is C16H28O7. The van der Waals surface area contributed by atoms with E-state index in [0.717, 1.165) is 19.3 Å². The van der Waals surface area contributed by atoms with Gasteiger partial charge in [-0.3, -0.25) is 0 Å². The molecule has 4 N–H and O–H groups in total. The molecule has 1 saturated heterocycles. The smallest absolute Gasteiger partial charge is 0.335 e. The highest BCUT2D eigenvalue weighted by atomic mass is 16.7. The zero-order chi connectivity index (χ0) is 17.3. The second-order valence-corrected chi connectivity index (χ2v) is 7.24. The molecule has 2 aliphatic rings. The first-order valence-electron chi connectivity index (χ1n) is 8.30. The van der Waals surface area contributed by atoms with Crippen molar-refractivity contribution in [3.05, 3.63) is 0 Å². The van der Waals surface area contributed by atoms with Crippen LogP contribution in [0.5, 0.6) is 0 Å². The number of aliphatic hydroxyl groups is 3. The Bertz CT molecular complexity index is 413. The van der Waals surface area contributed by atoms with Gasteiger partial charge < -0.3 is 29.9 Å². The highest BCUT2D eigenvalue weighted by Gasteiger charge is 2.48. The van der Waals surface area contributed by atoms with E-state index in [0.29, 0.717) is 11.8 Å². The summed E-state index contributed by atoms with van der Waals surface area (Å²) in [7, 11) is 0. The van der Waals surface area contributed by atoms with Crippen molar-refractivity contribution in [1.82, 2.24) is 0 Å². The molecule has 2 unspecified atom stereocenters.